The topological polar surface area (TPSA) is 29.1 Å². The van der Waals surface area contributed by atoms with Gasteiger partial charge in [0.25, 0.3) is 5.91 Å². The molecule has 0 aliphatic heterocycles. The van der Waals surface area contributed by atoms with Crippen LogP contribution in [0.15, 0.2) is 36.4 Å². The van der Waals surface area contributed by atoms with Crippen LogP contribution in [0.25, 0.3) is 0 Å². The van der Waals surface area contributed by atoms with Crippen molar-refractivity contribution in [1.82, 2.24) is 0 Å². The summed E-state index contributed by atoms with van der Waals surface area (Å²) in [5.41, 5.74) is 5.92. The zero-order chi connectivity index (χ0) is 14.0. The first-order chi connectivity index (χ1) is 8.99. The Bertz CT molecular complexity index is 606. The molecule has 0 aliphatic carbocycles. The molecule has 0 atom stereocenters. The van der Waals surface area contributed by atoms with Crippen molar-refractivity contribution in [2.75, 3.05) is 5.32 Å². The van der Waals surface area contributed by atoms with Gasteiger partial charge in [-0.3, -0.25) is 4.79 Å². The molecule has 2 aromatic rings. The number of para-hydroxylation sites is 1. The maximum Gasteiger partial charge on any atom is 0.256 e. The summed E-state index contributed by atoms with van der Waals surface area (Å²) < 4.78 is 0. The number of carbonyl (C=O) groups excluding carboxylic acids is 1. The molecule has 0 aliphatic rings. The Kier molecular flexibility index (Phi) is 3.70. The normalized spacial score (nSPS) is 10.3. The van der Waals surface area contributed by atoms with Gasteiger partial charge in [0.1, 0.15) is 0 Å². The van der Waals surface area contributed by atoms with Crippen molar-refractivity contribution in [3.8, 4) is 0 Å². The Morgan fingerprint density at radius 1 is 0.895 bits per heavy atom. The van der Waals surface area contributed by atoms with Gasteiger partial charge in [0.05, 0.1) is 0 Å². The zero-order valence-electron chi connectivity index (χ0n) is 11.9. The van der Waals surface area contributed by atoms with Crippen LogP contribution in [0.4, 0.5) is 5.69 Å². The third-order valence-electron chi connectivity index (χ3n) is 3.30. The minimum atomic E-state index is -0.0377. The molecule has 0 unspecified atom stereocenters. The predicted octanol–water partition coefficient (Wildman–Crippen LogP) is 4.17. The average molecular weight is 253 g/mol. The van der Waals surface area contributed by atoms with Crippen LogP contribution in [0, 0.1) is 27.7 Å². The number of hydrogen-bond acceptors (Lipinski definition) is 1. The number of amides is 1. The van der Waals surface area contributed by atoms with Crippen molar-refractivity contribution in [2.45, 2.75) is 27.7 Å². The second-order valence-electron chi connectivity index (χ2n) is 5.04. The summed E-state index contributed by atoms with van der Waals surface area (Å²) in [7, 11) is 0. The molecule has 98 valence electrons. The minimum absolute atomic E-state index is 0.0377. The van der Waals surface area contributed by atoms with Crippen LogP contribution in [-0.4, -0.2) is 5.91 Å². The van der Waals surface area contributed by atoms with E-state index in [1.54, 1.807) is 0 Å². The summed E-state index contributed by atoms with van der Waals surface area (Å²) >= 11 is 0. The van der Waals surface area contributed by atoms with E-state index in [4.69, 9.17) is 0 Å². The van der Waals surface area contributed by atoms with Gasteiger partial charge in [0.2, 0.25) is 0 Å². The molecule has 0 saturated heterocycles. The molecule has 0 heterocycles. The fourth-order valence-corrected chi connectivity index (χ4v) is 2.44. The second kappa shape index (κ2) is 5.27. The Morgan fingerprint density at radius 3 is 2.05 bits per heavy atom. The van der Waals surface area contributed by atoms with Crippen molar-refractivity contribution < 1.29 is 4.79 Å². The lowest BCUT2D eigenvalue weighted by Gasteiger charge is -2.13. The largest absolute Gasteiger partial charge is 0.322 e. The van der Waals surface area contributed by atoms with Crippen LogP contribution in [0.3, 0.4) is 0 Å². The molecule has 2 rings (SSSR count). The molecule has 0 saturated carbocycles. The fraction of sp³-hybridized carbons (Fsp3) is 0.235. The van der Waals surface area contributed by atoms with E-state index < -0.39 is 0 Å². The molecular weight excluding hydrogens is 234 g/mol. The summed E-state index contributed by atoms with van der Waals surface area (Å²) in [6.45, 7) is 7.99. The van der Waals surface area contributed by atoms with Gasteiger partial charge in [0.15, 0.2) is 0 Å². The number of hydrogen-bond donors (Lipinski definition) is 1. The van der Waals surface area contributed by atoms with E-state index in [9.17, 15) is 4.79 Å². The lowest BCUT2D eigenvalue weighted by Crippen LogP contribution is -2.15. The number of nitrogens with one attached hydrogen (secondary N) is 1. The molecular formula is C17H19NO. The third-order valence-corrected chi connectivity index (χ3v) is 3.30. The van der Waals surface area contributed by atoms with E-state index in [0.717, 1.165) is 27.9 Å². The standard InChI is InChI=1S/C17H19NO/c1-11-9-13(3)16(14(4)10-11)17(19)18-15-8-6-5-7-12(15)2/h5-10H,1-4H3,(H,18,19). The van der Waals surface area contributed by atoms with Gasteiger partial charge in [-0.1, -0.05) is 35.9 Å². The Hall–Kier alpha value is -2.09. The van der Waals surface area contributed by atoms with Gasteiger partial charge in [-0.2, -0.15) is 0 Å². The van der Waals surface area contributed by atoms with E-state index in [0.29, 0.717) is 0 Å². The number of rotatable bonds is 2. The van der Waals surface area contributed by atoms with Crippen molar-refractivity contribution in [1.29, 1.82) is 0 Å². The van der Waals surface area contributed by atoms with Crippen LogP contribution in [0.2, 0.25) is 0 Å². The lowest BCUT2D eigenvalue weighted by atomic mass is 9.99. The minimum Gasteiger partial charge on any atom is -0.322 e. The molecule has 1 N–H and O–H groups in total. The molecule has 0 radical (unpaired) electrons. The van der Waals surface area contributed by atoms with E-state index in [1.807, 2.05) is 64.1 Å². The molecule has 2 heteroatoms. The molecule has 0 aromatic heterocycles. The Morgan fingerprint density at radius 2 is 1.47 bits per heavy atom. The van der Waals surface area contributed by atoms with Gasteiger partial charge in [0, 0.05) is 11.3 Å². The van der Waals surface area contributed by atoms with Gasteiger partial charge in [-0.15, -0.1) is 0 Å². The maximum absolute atomic E-state index is 12.4. The van der Waals surface area contributed by atoms with Crippen LogP contribution >= 0.6 is 0 Å². The summed E-state index contributed by atoms with van der Waals surface area (Å²) in [4.78, 5) is 12.4. The second-order valence-corrected chi connectivity index (χ2v) is 5.04. The zero-order valence-corrected chi connectivity index (χ0v) is 11.9. The van der Waals surface area contributed by atoms with Crippen molar-refractivity contribution in [2.24, 2.45) is 0 Å². The Balaban J connectivity index is 2.34. The highest BCUT2D eigenvalue weighted by atomic mass is 16.1. The highest BCUT2D eigenvalue weighted by Gasteiger charge is 2.13. The fourth-order valence-electron chi connectivity index (χ4n) is 2.44. The first-order valence-corrected chi connectivity index (χ1v) is 6.44. The van der Waals surface area contributed by atoms with Crippen LogP contribution < -0.4 is 5.32 Å². The summed E-state index contributed by atoms with van der Waals surface area (Å²) in [5, 5.41) is 2.99. The predicted molar refractivity (Wildman–Crippen MR) is 79.8 cm³/mol. The molecule has 2 nitrogen and oxygen atoms in total. The Labute approximate surface area is 114 Å². The van der Waals surface area contributed by atoms with E-state index in [2.05, 4.69) is 5.32 Å². The average Bonchev–Trinajstić information content (AvgIpc) is 2.30. The van der Waals surface area contributed by atoms with Gasteiger partial charge in [-0.05, 0) is 50.5 Å². The van der Waals surface area contributed by atoms with Gasteiger partial charge < -0.3 is 5.32 Å². The van der Waals surface area contributed by atoms with Crippen LogP contribution in [-0.2, 0) is 0 Å². The number of aryl methyl sites for hydroxylation is 4. The first-order valence-electron chi connectivity index (χ1n) is 6.44. The van der Waals surface area contributed by atoms with Crippen molar-refractivity contribution in [3.05, 3.63) is 64.2 Å². The highest BCUT2D eigenvalue weighted by Crippen LogP contribution is 2.20. The molecule has 0 spiro atoms. The monoisotopic (exact) mass is 253 g/mol. The van der Waals surface area contributed by atoms with Gasteiger partial charge >= 0.3 is 0 Å². The number of carbonyl (C=O) groups is 1. The SMILES string of the molecule is Cc1cc(C)c(C(=O)Nc2ccccc2C)c(C)c1. The molecule has 19 heavy (non-hydrogen) atoms. The number of benzene rings is 2. The highest BCUT2D eigenvalue weighted by molar-refractivity contribution is 6.06. The van der Waals surface area contributed by atoms with Gasteiger partial charge in [-0.25, -0.2) is 0 Å². The molecule has 0 fully saturated rings. The van der Waals surface area contributed by atoms with Crippen molar-refractivity contribution >= 4 is 11.6 Å². The van der Waals surface area contributed by atoms with Crippen molar-refractivity contribution in [3.63, 3.8) is 0 Å². The van der Waals surface area contributed by atoms with E-state index >= 15 is 0 Å². The first kappa shape index (κ1) is 13.3. The number of anilines is 1. The summed E-state index contributed by atoms with van der Waals surface area (Å²) in [6.07, 6.45) is 0. The smallest absolute Gasteiger partial charge is 0.256 e. The summed E-state index contributed by atoms with van der Waals surface area (Å²) in [6, 6.07) is 11.9. The quantitative estimate of drug-likeness (QED) is 0.855. The molecule has 2 aromatic carbocycles. The van der Waals surface area contributed by atoms with Crippen LogP contribution in [0.5, 0.6) is 0 Å². The lowest BCUT2D eigenvalue weighted by molar-refractivity contribution is 0.102. The molecule has 1 amide bonds. The maximum atomic E-state index is 12.4. The molecule has 0 bridgehead atoms. The third kappa shape index (κ3) is 2.84. The van der Waals surface area contributed by atoms with E-state index in [-0.39, 0.29) is 5.91 Å². The summed E-state index contributed by atoms with van der Waals surface area (Å²) in [5.74, 6) is -0.0377. The van der Waals surface area contributed by atoms with Crippen LogP contribution in [0.1, 0.15) is 32.6 Å². The van der Waals surface area contributed by atoms with E-state index in [1.165, 1.54) is 5.56 Å².